The molecule has 0 aromatic heterocycles. The molecule has 0 amide bonds. The molecule has 0 aliphatic heterocycles. The van der Waals surface area contributed by atoms with Gasteiger partial charge in [-0.2, -0.15) is 0 Å². The van der Waals surface area contributed by atoms with Gasteiger partial charge >= 0.3 is 0 Å². The average molecular weight is 285 g/mol. The lowest BCUT2D eigenvalue weighted by Crippen LogP contribution is -2.13. The van der Waals surface area contributed by atoms with Crippen LogP contribution in [0.1, 0.15) is 50.0 Å². The molecule has 16 heavy (non-hydrogen) atoms. The van der Waals surface area contributed by atoms with Crippen LogP contribution in [0.3, 0.4) is 0 Å². The second kappa shape index (κ2) is 4.58. The van der Waals surface area contributed by atoms with Gasteiger partial charge in [-0.15, -0.1) is 0 Å². The van der Waals surface area contributed by atoms with Crippen molar-refractivity contribution >= 4 is 21.7 Å². The van der Waals surface area contributed by atoms with Crippen molar-refractivity contribution in [3.8, 4) is 5.75 Å². The molecule has 1 aromatic rings. The molecule has 2 nitrogen and oxygen atoms in total. The molecule has 0 radical (unpaired) electrons. The van der Waals surface area contributed by atoms with E-state index in [1.807, 2.05) is 26.8 Å². The van der Waals surface area contributed by atoms with Crippen LogP contribution in [-0.2, 0) is 5.41 Å². The number of aromatic hydroxyl groups is 1. The van der Waals surface area contributed by atoms with E-state index in [1.54, 1.807) is 13.0 Å². The van der Waals surface area contributed by atoms with E-state index in [4.69, 9.17) is 0 Å². The minimum Gasteiger partial charge on any atom is -0.507 e. The zero-order valence-corrected chi connectivity index (χ0v) is 11.7. The fourth-order valence-corrected chi connectivity index (χ4v) is 2.03. The van der Waals surface area contributed by atoms with Gasteiger partial charge in [0.25, 0.3) is 0 Å². The van der Waals surface area contributed by atoms with Crippen molar-refractivity contribution in [2.75, 3.05) is 0 Å². The van der Waals surface area contributed by atoms with Gasteiger partial charge in [0.05, 0.1) is 5.56 Å². The summed E-state index contributed by atoms with van der Waals surface area (Å²) in [5.74, 6) is 0.0758. The number of hydrogen-bond acceptors (Lipinski definition) is 2. The lowest BCUT2D eigenvalue weighted by Gasteiger charge is -2.22. The Kier molecular flexibility index (Phi) is 3.79. The summed E-state index contributed by atoms with van der Waals surface area (Å²) in [6.07, 6.45) is 0.396. The van der Waals surface area contributed by atoms with Crippen molar-refractivity contribution < 1.29 is 9.90 Å². The van der Waals surface area contributed by atoms with Gasteiger partial charge in [-0.3, -0.25) is 4.79 Å². The molecular weight excluding hydrogens is 268 g/mol. The molecule has 0 unspecified atom stereocenters. The smallest absolute Gasteiger partial charge is 0.166 e. The van der Waals surface area contributed by atoms with Crippen LogP contribution in [0.4, 0.5) is 0 Å². The molecule has 0 spiro atoms. The molecule has 0 saturated heterocycles. The number of phenolic OH excluding ortho intramolecular Hbond substituents is 1. The van der Waals surface area contributed by atoms with Gasteiger partial charge in [-0.1, -0.05) is 43.6 Å². The molecule has 88 valence electrons. The van der Waals surface area contributed by atoms with Crippen LogP contribution in [0.2, 0.25) is 0 Å². The van der Waals surface area contributed by atoms with Gasteiger partial charge in [0, 0.05) is 16.5 Å². The molecule has 0 aliphatic carbocycles. The highest BCUT2D eigenvalue weighted by atomic mass is 79.9. The standard InChI is InChI=1S/C13H17BrO2/c1-5-11(15)9-6-8(14)7-10(12(9)16)13(2,3)4/h6-7,16H,5H2,1-4H3. The summed E-state index contributed by atoms with van der Waals surface area (Å²) in [7, 11) is 0. The lowest BCUT2D eigenvalue weighted by atomic mass is 9.84. The summed E-state index contributed by atoms with van der Waals surface area (Å²) in [4.78, 5) is 11.7. The van der Waals surface area contributed by atoms with Crippen LogP contribution >= 0.6 is 15.9 Å². The summed E-state index contributed by atoms with van der Waals surface area (Å²) >= 11 is 3.37. The Labute approximate surface area is 105 Å². The zero-order chi connectivity index (χ0) is 12.5. The average Bonchev–Trinajstić information content (AvgIpc) is 2.18. The van der Waals surface area contributed by atoms with Gasteiger partial charge < -0.3 is 5.11 Å². The van der Waals surface area contributed by atoms with E-state index < -0.39 is 0 Å². The number of rotatable bonds is 2. The molecule has 0 atom stereocenters. The number of hydrogen-bond donors (Lipinski definition) is 1. The summed E-state index contributed by atoms with van der Waals surface area (Å²) < 4.78 is 0.826. The molecule has 0 saturated carbocycles. The number of carbonyl (C=O) groups is 1. The third-order valence-electron chi connectivity index (χ3n) is 2.50. The predicted octanol–water partition coefficient (Wildman–Crippen LogP) is 4.04. The van der Waals surface area contributed by atoms with Crippen molar-refractivity contribution in [3.63, 3.8) is 0 Å². The van der Waals surface area contributed by atoms with E-state index in [0.29, 0.717) is 12.0 Å². The van der Waals surface area contributed by atoms with E-state index in [-0.39, 0.29) is 16.9 Å². The molecule has 0 bridgehead atoms. The third kappa shape index (κ3) is 2.64. The maximum absolute atomic E-state index is 11.7. The van der Waals surface area contributed by atoms with Crippen molar-refractivity contribution in [3.05, 3.63) is 27.7 Å². The monoisotopic (exact) mass is 284 g/mol. The van der Waals surface area contributed by atoms with Crippen molar-refractivity contribution in [2.24, 2.45) is 0 Å². The molecule has 3 heteroatoms. The number of ketones is 1. The van der Waals surface area contributed by atoms with Crippen molar-refractivity contribution in [1.29, 1.82) is 0 Å². The van der Waals surface area contributed by atoms with E-state index in [9.17, 15) is 9.90 Å². The van der Waals surface area contributed by atoms with Crippen LogP contribution < -0.4 is 0 Å². The van der Waals surface area contributed by atoms with Gasteiger partial charge in [0.1, 0.15) is 5.75 Å². The summed E-state index contributed by atoms with van der Waals surface area (Å²) in [6, 6.07) is 3.54. The highest BCUT2D eigenvalue weighted by molar-refractivity contribution is 9.10. The van der Waals surface area contributed by atoms with Gasteiger partial charge in [-0.05, 0) is 17.5 Å². The normalized spacial score (nSPS) is 11.6. The minimum absolute atomic E-state index is 0.0377. The Balaban J connectivity index is 3.44. The summed E-state index contributed by atoms with van der Waals surface area (Å²) in [5, 5.41) is 10.1. The number of carbonyl (C=O) groups excluding carboxylic acids is 1. The Morgan fingerprint density at radius 2 is 1.94 bits per heavy atom. The highest BCUT2D eigenvalue weighted by Crippen LogP contribution is 2.36. The second-order valence-electron chi connectivity index (χ2n) is 4.88. The maximum Gasteiger partial charge on any atom is 0.166 e. The van der Waals surface area contributed by atoms with Crippen LogP contribution in [0.25, 0.3) is 0 Å². The first-order valence-corrected chi connectivity index (χ1v) is 6.13. The first-order chi connectivity index (χ1) is 7.27. The van der Waals surface area contributed by atoms with E-state index in [1.165, 1.54) is 0 Å². The van der Waals surface area contributed by atoms with Crippen molar-refractivity contribution in [2.45, 2.75) is 39.5 Å². The molecule has 1 aromatic carbocycles. The van der Waals surface area contributed by atoms with Crippen LogP contribution in [-0.4, -0.2) is 10.9 Å². The Hall–Kier alpha value is -0.830. The van der Waals surface area contributed by atoms with Gasteiger partial charge in [-0.25, -0.2) is 0 Å². The lowest BCUT2D eigenvalue weighted by molar-refractivity contribution is 0.0985. The zero-order valence-electron chi connectivity index (χ0n) is 10.1. The first-order valence-electron chi connectivity index (χ1n) is 5.33. The number of phenols is 1. The van der Waals surface area contributed by atoms with E-state index >= 15 is 0 Å². The molecule has 1 rings (SSSR count). The Morgan fingerprint density at radius 1 is 1.38 bits per heavy atom. The predicted molar refractivity (Wildman–Crippen MR) is 69.1 cm³/mol. The van der Waals surface area contributed by atoms with Crippen LogP contribution in [0.5, 0.6) is 5.75 Å². The number of benzene rings is 1. The molecule has 1 N–H and O–H groups in total. The van der Waals surface area contributed by atoms with Gasteiger partial charge in [0.15, 0.2) is 5.78 Å². The number of Topliss-reactive ketones (excluding diaryl/α,β-unsaturated/α-hetero) is 1. The van der Waals surface area contributed by atoms with E-state index in [0.717, 1.165) is 10.0 Å². The highest BCUT2D eigenvalue weighted by Gasteiger charge is 2.22. The third-order valence-corrected chi connectivity index (χ3v) is 2.96. The topological polar surface area (TPSA) is 37.3 Å². The summed E-state index contributed by atoms with van der Waals surface area (Å²) in [5.41, 5.74) is 1.01. The molecule has 0 aliphatic rings. The fourth-order valence-electron chi connectivity index (χ4n) is 1.57. The fraction of sp³-hybridized carbons (Fsp3) is 0.462. The molecular formula is C13H17BrO2. The van der Waals surface area contributed by atoms with Gasteiger partial charge in [0.2, 0.25) is 0 Å². The molecule has 0 fully saturated rings. The van der Waals surface area contributed by atoms with Crippen molar-refractivity contribution in [1.82, 2.24) is 0 Å². The molecule has 0 heterocycles. The Morgan fingerprint density at radius 3 is 2.38 bits per heavy atom. The maximum atomic E-state index is 11.7. The largest absolute Gasteiger partial charge is 0.507 e. The minimum atomic E-state index is -0.184. The SMILES string of the molecule is CCC(=O)c1cc(Br)cc(C(C)(C)C)c1O. The van der Waals surface area contributed by atoms with Crippen LogP contribution in [0, 0.1) is 0 Å². The second-order valence-corrected chi connectivity index (χ2v) is 5.79. The number of halogens is 1. The quantitative estimate of drug-likeness (QED) is 0.832. The van der Waals surface area contributed by atoms with Crippen LogP contribution in [0.15, 0.2) is 16.6 Å². The Bertz CT molecular complexity index is 417. The first kappa shape index (κ1) is 13.2. The summed E-state index contributed by atoms with van der Waals surface area (Å²) in [6.45, 7) is 7.82. The van der Waals surface area contributed by atoms with E-state index in [2.05, 4.69) is 15.9 Å².